The Morgan fingerprint density at radius 1 is 1.12 bits per heavy atom. The van der Waals surface area contributed by atoms with Crippen molar-refractivity contribution in [2.45, 2.75) is 70.8 Å². The fourth-order valence-electron chi connectivity index (χ4n) is 3.47. The third kappa shape index (κ3) is 3.80. The molecule has 2 aliphatic carbocycles. The summed E-state index contributed by atoms with van der Waals surface area (Å²) in [7, 11) is 0. The molecule has 2 rings (SSSR count). The van der Waals surface area contributed by atoms with Gasteiger partial charge >= 0.3 is 0 Å². The number of nitrogens with one attached hydrogen (secondary N) is 1. The largest absolute Gasteiger partial charge is 0.307 e. The summed E-state index contributed by atoms with van der Waals surface area (Å²) in [6.45, 7) is 2.89. The van der Waals surface area contributed by atoms with Gasteiger partial charge in [-0.3, -0.25) is 4.79 Å². The van der Waals surface area contributed by atoms with Crippen molar-refractivity contribution < 1.29 is 4.79 Å². The normalized spacial score (nSPS) is 30.6. The Morgan fingerprint density at radius 3 is 2.59 bits per heavy atom. The van der Waals surface area contributed by atoms with E-state index in [9.17, 15) is 4.79 Å². The molecule has 1 N–H and O–H groups in total. The first-order valence-electron chi connectivity index (χ1n) is 7.55. The second kappa shape index (κ2) is 6.53. The standard InChI is InChI=1S/C15H27NO/c1-2-12-6-5-7-13(10-12)15(17)11-16-14-8-3-4-9-14/h12-14,16H,2-11H2,1H3. The zero-order valence-electron chi connectivity index (χ0n) is 11.2. The Bertz CT molecular complexity index is 245. The molecule has 2 saturated carbocycles. The zero-order valence-corrected chi connectivity index (χ0v) is 11.2. The Morgan fingerprint density at radius 2 is 1.88 bits per heavy atom. The van der Waals surface area contributed by atoms with Crippen molar-refractivity contribution in [3.8, 4) is 0 Å². The molecule has 0 bridgehead atoms. The number of carbonyl (C=O) groups excluding carboxylic acids is 1. The van der Waals surface area contributed by atoms with Crippen molar-refractivity contribution in [1.82, 2.24) is 5.32 Å². The quantitative estimate of drug-likeness (QED) is 0.795. The minimum Gasteiger partial charge on any atom is -0.307 e. The molecule has 0 aromatic rings. The number of hydrogen-bond donors (Lipinski definition) is 1. The Hall–Kier alpha value is -0.370. The van der Waals surface area contributed by atoms with Crippen molar-refractivity contribution in [3.63, 3.8) is 0 Å². The first-order valence-corrected chi connectivity index (χ1v) is 7.55. The van der Waals surface area contributed by atoms with Crippen LogP contribution in [0.5, 0.6) is 0 Å². The van der Waals surface area contributed by atoms with Crippen LogP contribution in [0.25, 0.3) is 0 Å². The van der Waals surface area contributed by atoms with Crippen LogP contribution >= 0.6 is 0 Å². The maximum Gasteiger partial charge on any atom is 0.149 e. The molecule has 2 nitrogen and oxygen atoms in total. The molecule has 98 valence electrons. The van der Waals surface area contributed by atoms with Crippen LogP contribution in [0.3, 0.4) is 0 Å². The Kier molecular flexibility index (Phi) is 5.02. The molecule has 0 amide bonds. The molecular formula is C15H27NO. The fourth-order valence-corrected chi connectivity index (χ4v) is 3.47. The topological polar surface area (TPSA) is 29.1 Å². The maximum absolute atomic E-state index is 12.2. The summed E-state index contributed by atoms with van der Waals surface area (Å²) >= 11 is 0. The van der Waals surface area contributed by atoms with Gasteiger partial charge in [0.1, 0.15) is 5.78 Å². The van der Waals surface area contributed by atoms with E-state index >= 15 is 0 Å². The van der Waals surface area contributed by atoms with Crippen molar-refractivity contribution in [2.75, 3.05) is 6.54 Å². The van der Waals surface area contributed by atoms with Crippen LogP contribution in [0.1, 0.15) is 64.7 Å². The van der Waals surface area contributed by atoms with Gasteiger partial charge in [-0.25, -0.2) is 0 Å². The number of rotatable bonds is 5. The van der Waals surface area contributed by atoms with Gasteiger partial charge < -0.3 is 5.32 Å². The minimum absolute atomic E-state index is 0.364. The highest BCUT2D eigenvalue weighted by molar-refractivity contribution is 5.83. The van der Waals surface area contributed by atoms with Gasteiger partial charge in [0, 0.05) is 12.0 Å². The van der Waals surface area contributed by atoms with E-state index in [0.29, 0.717) is 24.3 Å². The smallest absolute Gasteiger partial charge is 0.149 e. The van der Waals surface area contributed by atoms with E-state index < -0.39 is 0 Å². The molecule has 0 spiro atoms. The van der Waals surface area contributed by atoms with Gasteiger partial charge in [0.05, 0.1) is 6.54 Å². The van der Waals surface area contributed by atoms with E-state index in [0.717, 1.165) is 18.8 Å². The summed E-state index contributed by atoms with van der Waals surface area (Å²) in [4.78, 5) is 12.2. The average Bonchev–Trinajstić information content (AvgIpc) is 2.89. The van der Waals surface area contributed by atoms with E-state index in [1.165, 1.54) is 44.9 Å². The SMILES string of the molecule is CCC1CCCC(C(=O)CNC2CCCC2)C1. The van der Waals surface area contributed by atoms with Gasteiger partial charge in [0.15, 0.2) is 0 Å². The van der Waals surface area contributed by atoms with Crippen LogP contribution in [-0.2, 0) is 4.79 Å². The average molecular weight is 237 g/mol. The number of hydrogen-bond acceptors (Lipinski definition) is 2. The van der Waals surface area contributed by atoms with E-state index in [1.807, 2.05) is 0 Å². The van der Waals surface area contributed by atoms with Gasteiger partial charge in [-0.05, 0) is 31.6 Å². The predicted octanol–water partition coefficient (Wildman–Crippen LogP) is 3.30. The van der Waals surface area contributed by atoms with Crippen molar-refractivity contribution >= 4 is 5.78 Å². The van der Waals surface area contributed by atoms with Crippen LogP contribution < -0.4 is 5.32 Å². The first-order chi connectivity index (χ1) is 8.29. The molecule has 2 unspecified atom stereocenters. The van der Waals surface area contributed by atoms with Crippen molar-refractivity contribution in [3.05, 3.63) is 0 Å². The van der Waals surface area contributed by atoms with Gasteiger partial charge in [-0.2, -0.15) is 0 Å². The Labute approximate surface area is 106 Å². The molecule has 17 heavy (non-hydrogen) atoms. The van der Waals surface area contributed by atoms with Gasteiger partial charge in [-0.15, -0.1) is 0 Å². The second-order valence-electron chi connectivity index (χ2n) is 5.97. The lowest BCUT2D eigenvalue weighted by atomic mass is 9.78. The Balaban J connectivity index is 1.71. The van der Waals surface area contributed by atoms with Crippen LogP contribution in [0, 0.1) is 11.8 Å². The van der Waals surface area contributed by atoms with E-state index in [2.05, 4.69) is 12.2 Å². The summed E-state index contributed by atoms with van der Waals surface area (Å²) in [5.41, 5.74) is 0. The lowest BCUT2D eigenvalue weighted by Crippen LogP contribution is -2.36. The van der Waals surface area contributed by atoms with Gasteiger partial charge in [-0.1, -0.05) is 39.0 Å². The molecule has 0 saturated heterocycles. The molecule has 0 aliphatic heterocycles. The summed E-state index contributed by atoms with van der Waals surface area (Å²) < 4.78 is 0. The molecule has 0 heterocycles. The molecule has 2 fully saturated rings. The molecular weight excluding hydrogens is 210 g/mol. The highest BCUT2D eigenvalue weighted by atomic mass is 16.1. The van der Waals surface area contributed by atoms with Crippen LogP contribution in [0.4, 0.5) is 0 Å². The molecule has 0 radical (unpaired) electrons. The maximum atomic E-state index is 12.2. The van der Waals surface area contributed by atoms with Crippen LogP contribution in [-0.4, -0.2) is 18.4 Å². The van der Waals surface area contributed by atoms with Crippen LogP contribution in [0.2, 0.25) is 0 Å². The summed E-state index contributed by atoms with van der Waals surface area (Å²) in [6.07, 6.45) is 11.4. The molecule has 2 atom stereocenters. The van der Waals surface area contributed by atoms with E-state index in [4.69, 9.17) is 0 Å². The summed E-state index contributed by atoms with van der Waals surface area (Å²) in [6, 6.07) is 0.629. The highest BCUT2D eigenvalue weighted by Crippen LogP contribution is 2.31. The molecule has 2 heteroatoms. The fraction of sp³-hybridized carbons (Fsp3) is 0.933. The van der Waals surface area contributed by atoms with E-state index in [1.54, 1.807) is 0 Å². The summed E-state index contributed by atoms with van der Waals surface area (Å²) in [5.74, 6) is 1.65. The summed E-state index contributed by atoms with van der Waals surface area (Å²) in [5, 5.41) is 3.46. The number of Topliss-reactive ketones (excluding diaryl/α,β-unsaturated/α-hetero) is 1. The number of ketones is 1. The van der Waals surface area contributed by atoms with Crippen LogP contribution in [0.15, 0.2) is 0 Å². The monoisotopic (exact) mass is 237 g/mol. The molecule has 2 aliphatic rings. The van der Waals surface area contributed by atoms with Gasteiger partial charge in [0.2, 0.25) is 0 Å². The molecule has 0 aromatic carbocycles. The van der Waals surface area contributed by atoms with E-state index in [-0.39, 0.29) is 0 Å². The predicted molar refractivity (Wildman–Crippen MR) is 71.0 cm³/mol. The number of carbonyl (C=O) groups is 1. The lowest BCUT2D eigenvalue weighted by molar-refractivity contribution is -0.123. The zero-order chi connectivity index (χ0) is 12.1. The first kappa shape index (κ1) is 13.1. The van der Waals surface area contributed by atoms with Crippen molar-refractivity contribution in [2.24, 2.45) is 11.8 Å². The lowest BCUT2D eigenvalue weighted by Gasteiger charge is -2.27. The third-order valence-corrected chi connectivity index (χ3v) is 4.74. The minimum atomic E-state index is 0.364. The third-order valence-electron chi connectivity index (χ3n) is 4.74. The highest BCUT2D eigenvalue weighted by Gasteiger charge is 2.26. The molecule has 0 aromatic heterocycles. The van der Waals surface area contributed by atoms with Crippen molar-refractivity contribution in [1.29, 1.82) is 0 Å². The van der Waals surface area contributed by atoms with Gasteiger partial charge in [0.25, 0.3) is 0 Å². The second-order valence-corrected chi connectivity index (χ2v) is 5.97.